The van der Waals surface area contributed by atoms with Crippen molar-refractivity contribution in [2.75, 3.05) is 33.4 Å². The minimum atomic E-state index is -0.108. The number of hydrogen-bond acceptors (Lipinski definition) is 4. The van der Waals surface area contributed by atoms with Gasteiger partial charge in [0.15, 0.2) is 5.76 Å². The lowest BCUT2D eigenvalue weighted by Crippen LogP contribution is -2.35. The molecule has 5 nitrogen and oxygen atoms in total. The van der Waals surface area contributed by atoms with Crippen molar-refractivity contribution in [2.24, 2.45) is 5.73 Å². The van der Waals surface area contributed by atoms with Gasteiger partial charge in [0.1, 0.15) is 5.76 Å². The molecule has 0 saturated heterocycles. The van der Waals surface area contributed by atoms with Gasteiger partial charge in [-0.05, 0) is 32.0 Å². The zero-order valence-corrected chi connectivity index (χ0v) is 10.4. The molecule has 0 fully saturated rings. The van der Waals surface area contributed by atoms with Crippen molar-refractivity contribution in [1.82, 2.24) is 4.90 Å². The molecule has 0 atom stereocenters. The van der Waals surface area contributed by atoms with Crippen molar-refractivity contribution in [3.63, 3.8) is 0 Å². The van der Waals surface area contributed by atoms with Crippen LogP contribution in [0.2, 0.25) is 0 Å². The number of ether oxygens (including phenoxy) is 1. The Labute approximate surface area is 102 Å². The number of furan rings is 1. The molecule has 17 heavy (non-hydrogen) atoms. The number of carbonyl (C=O) groups excluding carboxylic acids is 1. The summed E-state index contributed by atoms with van der Waals surface area (Å²) in [5, 5.41) is 0. The van der Waals surface area contributed by atoms with E-state index in [0.717, 1.165) is 12.2 Å². The fourth-order valence-electron chi connectivity index (χ4n) is 1.50. The standard InChI is InChI=1S/C12H20N2O3/c1-10-4-5-11(17-10)12(15)14(7-3-6-13)8-9-16-2/h4-5H,3,6-9,13H2,1-2H3. The Morgan fingerprint density at radius 1 is 1.47 bits per heavy atom. The van der Waals surface area contributed by atoms with Gasteiger partial charge >= 0.3 is 0 Å². The number of hydrogen-bond donors (Lipinski definition) is 1. The van der Waals surface area contributed by atoms with Crippen LogP contribution in [0.3, 0.4) is 0 Å². The Morgan fingerprint density at radius 2 is 2.24 bits per heavy atom. The van der Waals surface area contributed by atoms with E-state index in [0.29, 0.717) is 32.0 Å². The van der Waals surface area contributed by atoms with E-state index in [2.05, 4.69) is 0 Å². The van der Waals surface area contributed by atoms with E-state index >= 15 is 0 Å². The number of nitrogens with two attached hydrogens (primary N) is 1. The molecule has 0 aliphatic heterocycles. The summed E-state index contributed by atoms with van der Waals surface area (Å²) in [6, 6.07) is 3.48. The lowest BCUT2D eigenvalue weighted by atomic mass is 10.3. The molecule has 0 aliphatic carbocycles. The zero-order chi connectivity index (χ0) is 12.7. The van der Waals surface area contributed by atoms with E-state index < -0.39 is 0 Å². The summed E-state index contributed by atoms with van der Waals surface area (Å²) in [7, 11) is 1.61. The molecule has 0 aliphatic rings. The summed E-state index contributed by atoms with van der Waals surface area (Å²) < 4.78 is 10.3. The predicted octanol–water partition coefficient (Wildman–Crippen LogP) is 1.03. The first-order chi connectivity index (χ1) is 8.19. The summed E-state index contributed by atoms with van der Waals surface area (Å²) in [5.41, 5.74) is 5.46. The predicted molar refractivity (Wildman–Crippen MR) is 64.9 cm³/mol. The molecule has 0 spiro atoms. The van der Waals surface area contributed by atoms with Gasteiger partial charge in [0, 0.05) is 20.2 Å². The Bertz CT molecular complexity index is 341. The summed E-state index contributed by atoms with van der Waals surface area (Å²) in [6.45, 7) is 4.06. The monoisotopic (exact) mass is 240 g/mol. The number of nitrogens with zero attached hydrogens (tertiary/aromatic N) is 1. The summed E-state index contributed by atoms with van der Waals surface area (Å²) in [5.74, 6) is 0.998. The second-order valence-electron chi connectivity index (χ2n) is 3.84. The molecule has 1 aromatic heterocycles. The zero-order valence-electron chi connectivity index (χ0n) is 10.4. The highest BCUT2D eigenvalue weighted by atomic mass is 16.5. The van der Waals surface area contributed by atoms with Crippen LogP contribution in [0.4, 0.5) is 0 Å². The van der Waals surface area contributed by atoms with E-state index in [9.17, 15) is 4.79 Å². The molecular weight excluding hydrogens is 220 g/mol. The topological polar surface area (TPSA) is 68.7 Å². The van der Waals surface area contributed by atoms with Crippen molar-refractivity contribution >= 4 is 5.91 Å². The van der Waals surface area contributed by atoms with Gasteiger partial charge in [0.05, 0.1) is 6.61 Å². The molecule has 0 bridgehead atoms. The van der Waals surface area contributed by atoms with Crippen LogP contribution in [0.15, 0.2) is 16.5 Å². The third-order valence-corrected chi connectivity index (χ3v) is 2.44. The average Bonchev–Trinajstić information content (AvgIpc) is 2.75. The quantitative estimate of drug-likeness (QED) is 0.772. The molecule has 0 saturated carbocycles. The molecule has 5 heteroatoms. The SMILES string of the molecule is COCCN(CCCN)C(=O)c1ccc(C)o1. The number of rotatable bonds is 7. The molecule has 1 rings (SSSR count). The van der Waals surface area contributed by atoms with Crippen molar-refractivity contribution in [3.8, 4) is 0 Å². The molecule has 2 N–H and O–H groups in total. The molecule has 1 amide bonds. The van der Waals surface area contributed by atoms with Gasteiger partial charge in [0.2, 0.25) is 0 Å². The molecule has 1 heterocycles. The lowest BCUT2D eigenvalue weighted by Gasteiger charge is -2.20. The maximum absolute atomic E-state index is 12.1. The highest BCUT2D eigenvalue weighted by Gasteiger charge is 2.17. The van der Waals surface area contributed by atoms with Crippen LogP contribution in [0, 0.1) is 6.92 Å². The average molecular weight is 240 g/mol. The number of methoxy groups -OCH3 is 1. The van der Waals surface area contributed by atoms with Crippen LogP contribution in [0.25, 0.3) is 0 Å². The van der Waals surface area contributed by atoms with Crippen LogP contribution in [-0.4, -0.2) is 44.2 Å². The lowest BCUT2D eigenvalue weighted by molar-refractivity contribution is 0.0662. The first-order valence-corrected chi connectivity index (χ1v) is 5.73. The van der Waals surface area contributed by atoms with Gasteiger partial charge < -0.3 is 19.8 Å². The van der Waals surface area contributed by atoms with Crippen LogP contribution < -0.4 is 5.73 Å². The van der Waals surface area contributed by atoms with E-state index in [-0.39, 0.29) is 5.91 Å². The Hall–Kier alpha value is -1.33. The van der Waals surface area contributed by atoms with Gasteiger partial charge in [-0.3, -0.25) is 4.79 Å². The number of carbonyl (C=O) groups is 1. The van der Waals surface area contributed by atoms with Gasteiger partial charge in [-0.2, -0.15) is 0 Å². The van der Waals surface area contributed by atoms with Crippen molar-refractivity contribution < 1.29 is 13.9 Å². The second-order valence-corrected chi connectivity index (χ2v) is 3.84. The molecule has 0 radical (unpaired) electrons. The summed E-state index contributed by atoms with van der Waals surface area (Å²) in [4.78, 5) is 13.8. The summed E-state index contributed by atoms with van der Waals surface area (Å²) >= 11 is 0. The van der Waals surface area contributed by atoms with Crippen LogP contribution >= 0.6 is 0 Å². The Balaban J connectivity index is 2.64. The minimum absolute atomic E-state index is 0.108. The van der Waals surface area contributed by atoms with E-state index in [4.69, 9.17) is 14.9 Å². The fraction of sp³-hybridized carbons (Fsp3) is 0.583. The van der Waals surface area contributed by atoms with Crippen LogP contribution in [-0.2, 0) is 4.74 Å². The van der Waals surface area contributed by atoms with Crippen LogP contribution in [0.5, 0.6) is 0 Å². The summed E-state index contributed by atoms with van der Waals surface area (Å²) in [6.07, 6.45) is 0.773. The van der Waals surface area contributed by atoms with E-state index in [1.165, 1.54) is 0 Å². The first kappa shape index (κ1) is 13.7. The Kier molecular flexibility index (Phi) is 5.72. The highest BCUT2D eigenvalue weighted by Crippen LogP contribution is 2.10. The van der Waals surface area contributed by atoms with Crippen molar-refractivity contribution in [1.29, 1.82) is 0 Å². The van der Waals surface area contributed by atoms with E-state index in [1.54, 1.807) is 24.1 Å². The largest absolute Gasteiger partial charge is 0.456 e. The van der Waals surface area contributed by atoms with Gasteiger partial charge in [-0.15, -0.1) is 0 Å². The normalized spacial score (nSPS) is 10.5. The van der Waals surface area contributed by atoms with Gasteiger partial charge in [0.25, 0.3) is 5.91 Å². The molecule has 1 aromatic rings. The molecule has 0 unspecified atom stereocenters. The first-order valence-electron chi connectivity index (χ1n) is 5.73. The fourth-order valence-corrected chi connectivity index (χ4v) is 1.50. The molecule has 96 valence electrons. The Morgan fingerprint density at radius 3 is 2.76 bits per heavy atom. The smallest absolute Gasteiger partial charge is 0.289 e. The molecule has 0 aromatic carbocycles. The number of aryl methyl sites for hydroxylation is 1. The second kappa shape index (κ2) is 7.09. The minimum Gasteiger partial charge on any atom is -0.456 e. The van der Waals surface area contributed by atoms with E-state index in [1.807, 2.05) is 6.92 Å². The van der Waals surface area contributed by atoms with Gasteiger partial charge in [-0.1, -0.05) is 0 Å². The number of amides is 1. The van der Waals surface area contributed by atoms with Gasteiger partial charge in [-0.25, -0.2) is 0 Å². The molecular formula is C12H20N2O3. The highest BCUT2D eigenvalue weighted by molar-refractivity contribution is 5.91. The third-order valence-electron chi connectivity index (χ3n) is 2.44. The third kappa shape index (κ3) is 4.20. The maximum atomic E-state index is 12.1. The van der Waals surface area contributed by atoms with Crippen molar-refractivity contribution in [3.05, 3.63) is 23.7 Å². The van der Waals surface area contributed by atoms with Crippen molar-refractivity contribution in [2.45, 2.75) is 13.3 Å². The maximum Gasteiger partial charge on any atom is 0.289 e. The van der Waals surface area contributed by atoms with Crippen LogP contribution in [0.1, 0.15) is 22.7 Å².